The van der Waals surface area contributed by atoms with Crippen molar-refractivity contribution >= 4 is 29.7 Å². The van der Waals surface area contributed by atoms with E-state index in [1.54, 1.807) is 19.1 Å². The number of hydrogen-bond donors (Lipinski definition) is 0. The Morgan fingerprint density at radius 3 is 1.96 bits per heavy atom. The summed E-state index contributed by atoms with van der Waals surface area (Å²) in [5, 5.41) is 0. The summed E-state index contributed by atoms with van der Waals surface area (Å²) in [6.45, 7) is 14.1. The maximum atomic E-state index is 12.8. The molecule has 4 fully saturated rings. The smallest absolute Gasteiger partial charge is 0.309 e. The number of esters is 4. The van der Waals surface area contributed by atoms with Crippen molar-refractivity contribution in [3.05, 3.63) is 24.3 Å². The quantitative estimate of drug-likeness (QED) is 0.0343. The van der Waals surface area contributed by atoms with Crippen molar-refractivity contribution in [2.45, 2.75) is 183 Å². The molecule has 4 saturated carbocycles. The zero-order valence-electron chi connectivity index (χ0n) is 36.2. The van der Waals surface area contributed by atoms with E-state index in [-0.39, 0.29) is 68.2 Å². The average molecular weight is 799 g/mol. The van der Waals surface area contributed by atoms with Crippen LogP contribution >= 0.6 is 0 Å². The molecule has 10 atom stereocenters. The van der Waals surface area contributed by atoms with Gasteiger partial charge in [0.25, 0.3) is 0 Å². The first-order valence-corrected chi connectivity index (χ1v) is 22.4. The normalized spacial score (nSPS) is 30.6. The maximum absolute atomic E-state index is 12.8. The summed E-state index contributed by atoms with van der Waals surface area (Å²) < 4.78 is 28.2. The molecule has 4 rings (SSSR count). The molecule has 0 spiro atoms. The van der Waals surface area contributed by atoms with Gasteiger partial charge in [0.2, 0.25) is 0 Å². The van der Waals surface area contributed by atoms with Gasteiger partial charge in [0.15, 0.2) is 12.4 Å². The van der Waals surface area contributed by atoms with Crippen LogP contribution in [0, 0.1) is 46.3 Å². The van der Waals surface area contributed by atoms with Gasteiger partial charge in [0, 0.05) is 18.8 Å². The molecule has 322 valence electrons. The van der Waals surface area contributed by atoms with Crippen molar-refractivity contribution in [3.63, 3.8) is 0 Å². The SMILES string of the molecule is CC/C=C\CC(=O)OCC(COC(=O)C/C=C\CC)OC(=O)CC(C)CCCCC(=O)OC(C)O[C@@H]1CC[C@@]2(C)[C@@H](CC[C@@H]3[C@@H]2CC[C@]2(C)[C@@H](C(C)=O)CC[C@@H]32)C1. The molecule has 57 heavy (non-hydrogen) atoms. The predicted molar refractivity (Wildman–Crippen MR) is 218 cm³/mol. The second-order valence-corrected chi connectivity index (χ2v) is 18.2. The lowest BCUT2D eigenvalue weighted by Crippen LogP contribution is -2.54. The highest BCUT2D eigenvalue weighted by molar-refractivity contribution is 5.79. The fraction of sp³-hybridized carbons (Fsp3) is 0.809. The number of ether oxygens (including phenoxy) is 5. The van der Waals surface area contributed by atoms with E-state index in [1.165, 1.54) is 32.1 Å². The molecule has 10 nitrogen and oxygen atoms in total. The van der Waals surface area contributed by atoms with E-state index in [0.717, 1.165) is 63.2 Å². The Kier molecular flexibility index (Phi) is 18.3. The highest BCUT2D eigenvalue weighted by atomic mass is 16.7. The van der Waals surface area contributed by atoms with E-state index in [9.17, 15) is 24.0 Å². The van der Waals surface area contributed by atoms with E-state index in [4.69, 9.17) is 23.7 Å². The molecule has 10 heteroatoms. The van der Waals surface area contributed by atoms with Crippen LogP contribution in [0.5, 0.6) is 0 Å². The summed E-state index contributed by atoms with van der Waals surface area (Å²) in [4.78, 5) is 62.3. The van der Waals surface area contributed by atoms with Crippen LogP contribution < -0.4 is 0 Å². The molecule has 4 aliphatic rings. The number of carbonyl (C=O) groups is 5. The molecule has 0 bridgehead atoms. The van der Waals surface area contributed by atoms with Crippen molar-refractivity contribution in [3.8, 4) is 0 Å². The van der Waals surface area contributed by atoms with E-state index < -0.39 is 30.3 Å². The van der Waals surface area contributed by atoms with Gasteiger partial charge in [-0.25, -0.2) is 0 Å². The Bertz CT molecular complexity index is 1370. The van der Waals surface area contributed by atoms with Crippen molar-refractivity contribution in [2.75, 3.05) is 13.2 Å². The van der Waals surface area contributed by atoms with Gasteiger partial charge in [-0.1, -0.05) is 71.8 Å². The summed E-state index contributed by atoms with van der Waals surface area (Å²) in [5.41, 5.74) is 0.498. The number of ketones is 1. The van der Waals surface area contributed by atoms with E-state index in [0.29, 0.717) is 29.5 Å². The average Bonchev–Trinajstić information content (AvgIpc) is 3.52. The lowest BCUT2D eigenvalue weighted by Gasteiger charge is -2.61. The molecule has 0 saturated heterocycles. The molecule has 0 aromatic carbocycles. The van der Waals surface area contributed by atoms with E-state index >= 15 is 0 Å². The van der Waals surface area contributed by atoms with Crippen LogP contribution in [0.2, 0.25) is 0 Å². The number of rotatable bonds is 22. The highest BCUT2D eigenvalue weighted by Gasteiger charge is 2.61. The second kappa shape index (κ2) is 22.4. The molecule has 0 aromatic heterocycles. The molecule has 0 aromatic rings. The van der Waals surface area contributed by atoms with Crippen molar-refractivity contribution in [1.82, 2.24) is 0 Å². The monoisotopic (exact) mass is 799 g/mol. The fourth-order valence-electron chi connectivity index (χ4n) is 11.2. The van der Waals surface area contributed by atoms with Crippen LogP contribution in [0.1, 0.15) is 164 Å². The Balaban J connectivity index is 1.13. The lowest BCUT2D eigenvalue weighted by molar-refractivity contribution is -0.200. The second-order valence-electron chi connectivity index (χ2n) is 18.2. The number of Topliss-reactive ketones (excluding diaryl/α,β-unsaturated/α-hetero) is 1. The minimum atomic E-state index is -0.904. The van der Waals surface area contributed by atoms with Gasteiger partial charge in [0.1, 0.15) is 19.0 Å². The van der Waals surface area contributed by atoms with Crippen LogP contribution in [0.4, 0.5) is 0 Å². The largest absolute Gasteiger partial charge is 0.461 e. The molecule has 0 amide bonds. The molecule has 0 heterocycles. The standard InChI is InChI=1S/C47H74O10/c1-8-10-12-17-42(49)53-30-37(31-54-43(50)18-13-11-9-2)57-45(52)28-32(3)16-14-15-19-44(51)56-34(5)55-36-24-26-46(6)35(29-36)20-21-38-40-23-22-39(33(4)48)47(40,7)27-25-41(38)46/h10-13,32,34-41H,8-9,14-31H2,1-7H3/b12-10-,13-11-/t32?,34?,35-,36+,38-,39+,40-,41-,46-,47+/m0/s1. The molecule has 4 aliphatic carbocycles. The molecule has 0 N–H and O–H groups in total. The third-order valence-corrected chi connectivity index (χ3v) is 14.2. The van der Waals surface area contributed by atoms with Crippen molar-refractivity contribution in [2.24, 2.45) is 46.3 Å². The summed E-state index contributed by atoms with van der Waals surface area (Å²) in [6, 6.07) is 0. The van der Waals surface area contributed by atoms with Crippen molar-refractivity contribution < 1.29 is 47.7 Å². The third-order valence-electron chi connectivity index (χ3n) is 14.2. The molecule has 0 radical (unpaired) electrons. The highest BCUT2D eigenvalue weighted by Crippen LogP contribution is 2.67. The van der Waals surface area contributed by atoms with Crippen molar-refractivity contribution in [1.29, 1.82) is 0 Å². The number of hydrogen-bond acceptors (Lipinski definition) is 10. The predicted octanol–water partition coefficient (Wildman–Crippen LogP) is 9.81. The number of fused-ring (bicyclic) bond motifs is 5. The fourth-order valence-corrected chi connectivity index (χ4v) is 11.2. The van der Waals surface area contributed by atoms with Crippen LogP contribution in [-0.2, 0) is 47.7 Å². The van der Waals surface area contributed by atoms with Crippen LogP contribution in [0.15, 0.2) is 24.3 Å². The summed E-state index contributed by atoms with van der Waals surface area (Å²) >= 11 is 0. The molecule has 0 aliphatic heterocycles. The summed E-state index contributed by atoms with van der Waals surface area (Å²) in [7, 11) is 0. The third kappa shape index (κ3) is 13.2. The molecule has 2 unspecified atom stereocenters. The summed E-state index contributed by atoms with van der Waals surface area (Å²) in [6.07, 6.45) is 20.5. The molecular weight excluding hydrogens is 725 g/mol. The van der Waals surface area contributed by atoms with Gasteiger partial charge < -0.3 is 23.7 Å². The van der Waals surface area contributed by atoms with Crippen LogP contribution in [0.25, 0.3) is 0 Å². The van der Waals surface area contributed by atoms with Gasteiger partial charge in [-0.15, -0.1) is 0 Å². The van der Waals surface area contributed by atoms with Crippen LogP contribution in [0.3, 0.4) is 0 Å². The van der Waals surface area contributed by atoms with E-state index in [2.05, 4.69) is 13.8 Å². The Morgan fingerprint density at radius 1 is 0.702 bits per heavy atom. The topological polar surface area (TPSA) is 132 Å². The minimum absolute atomic E-state index is 0.000641. The maximum Gasteiger partial charge on any atom is 0.309 e. The van der Waals surface area contributed by atoms with Gasteiger partial charge in [-0.3, -0.25) is 24.0 Å². The van der Waals surface area contributed by atoms with Gasteiger partial charge >= 0.3 is 23.9 Å². The number of carbonyl (C=O) groups excluding carboxylic acids is 5. The first-order valence-electron chi connectivity index (χ1n) is 22.4. The van der Waals surface area contributed by atoms with Gasteiger partial charge in [-0.05, 0) is 131 Å². The Labute approximate surface area is 342 Å². The Hall–Kier alpha value is -3.01. The number of allylic oxidation sites excluding steroid dienone is 2. The minimum Gasteiger partial charge on any atom is -0.461 e. The first kappa shape index (κ1) is 46.7. The van der Waals surface area contributed by atoms with Gasteiger partial charge in [0.05, 0.1) is 18.9 Å². The van der Waals surface area contributed by atoms with Crippen LogP contribution in [-0.4, -0.2) is 61.4 Å². The molecular formula is C47H74O10. The zero-order chi connectivity index (χ0) is 41.6. The zero-order valence-corrected chi connectivity index (χ0v) is 36.2. The van der Waals surface area contributed by atoms with E-state index in [1.807, 2.05) is 39.8 Å². The van der Waals surface area contributed by atoms with Gasteiger partial charge in [-0.2, -0.15) is 0 Å². The Morgan fingerprint density at radius 2 is 1.33 bits per heavy atom. The summed E-state index contributed by atoms with van der Waals surface area (Å²) in [5.74, 6) is 1.76. The number of unbranched alkanes of at least 4 members (excludes halogenated alkanes) is 1. The first-order chi connectivity index (χ1) is 27.2. The lowest BCUT2D eigenvalue weighted by atomic mass is 9.44.